The number of benzene rings is 4. The first kappa shape index (κ1) is 43.9. The summed E-state index contributed by atoms with van der Waals surface area (Å²) in [7, 11) is 3.21. The number of guanidine groups is 1. The first-order valence-corrected chi connectivity index (χ1v) is 21.4. The van der Waals surface area contributed by atoms with Crippen LogP contribution in [0.5, 0.6) is 17.2 Å². The van der Waals surface area contributed by atoms with Gasteiger partial charge in [-0.25, -0.2) is 0 Å². The molecule has 7 N–H and O–H groups in total. The van der Waals surface area contributed by atoms with Crippen LogP contribution in [0.4, 0.5) is 5.69 Å². The number of aliphatic hydroxyl groups is 3. The number of aliphatic imine (C=N–C) groups is 1. The fourth-order valence-electron chi connectivity index (χ4n) is 8.99. The predicted octanol–water partition coefficient (Wildman–Crippen LogP) is 8.17. The SMILES string of the molecule is CN=C(N)Nc1cccc(CCC(CO)CC2C=CC(O)=CC2CC2CC(=O)CCc3ccc(OC)c(c3)OCc3c(CO)cc4c(c(O)cc5c4c3C=CC5C)CC#CO2)c1. The highest BCUT2D eigenvalue weighted by atomic mass is 16.5. The topological polar surface area (TPSA) is 176 Å². The number of methoxy groups -OCH3 is 1. The molecule has 5 atom stereocenters. The lowest BCUT2D eigenvalue weighted by Gasteiger charge is -2.30. The zero-order valence-electron chi connectivity index (χ0n) is 35.7. The fourth-order valence-corrected chi connectivity index (χ4v) is 8.99. The summed E-state index contributed by atoms with van der Waals surface area (Å²) in [6.07, 6.45) is 15.5. The van der Waals surface area contributed by atoms with Crippen LogP contribution in [0.3, 0.4) is 0 Å². The van der Waals surface area contributed by atoms with Crippen LogP contribution in [-0.4, -0.2) is 59.0 Å². The summed E-state index contributed by atoms with van der Waals surface area (Å²) >= 11 is 0. The summed E-state index contributed by atoms with van der Waals surface area (Å²) in [5.74, 6) is 4.60. The minimum Gasteiger partial charge on any atom is -0.508 e. The number of ether oxygens (including phenoxy) is 3. The molecule has 0 radical (unpaired) electrons. The van der Waals surface area contributed by atoms with Crippen molar-refractivity contribution in [1.29, 1.82) is 0 Å². The number of fused-ring (bicyclic) bond motifs is 9. The summed E-state index contributed by atoms with van der Waals surface area (Å²) in [6, 6.07) is 17.4. The number of aliphatic hydroxyl groups excluding tert-OH is 3. The van der Waals surface area contributed by atoms with Crippen molar-refractivity contribution in [2.45, 2.75) is 83.5 Å². The zero-order chi connectivity index (χ0) is 43.8. The van der Waals surface area contributed by atoms with Gasteiger partial charge in [0.1, 0.15) is 36.1 Å². The van der Waals surface area contributed by atoms with Crippen molar-refractivity contribution < 1.29 is 39.4 Å². The second-order valence-electron chi connectivity index (χ2n) is 16.6. The maximum Gasteiger partial charge on any atom is 0.192 e. The van der Waals surface area contributed by atoms with E-state index in [0.29, 0.717) is 47.8 Å². The molecule has 8 rings (SSSR count). The summed E-state index contributed by atoms with van der Waals surface area (Å²) in [4.78, 5) is 17.7. The third-order valence-corrected chi connectivity index (χ3v) is 12.4. The van der Waals surface area contributed by atoms with E-state index in [-0.39, 0.29) is 80.0 Å². The number of phenolic OH excluding ortho intramolecular Hbond substituents is 1. The molecular weight excluding hydrogens is 783 g/mol. The third kappa shape index (κ3) is 10.3. The number of ketones is 1. The average Bonchev–Trinajstić information content (AvgIpc) is 3.27. The first-order chi connectivity index (χ1) is 30.1. The third-order valence-electron chi connectivity index (χ3n) is 12.4. The lowest BCUT2D eigenvalue weighted by atomic mass is 9.77. The molecule has 0 saturated heterocycles. The molecule has 0 amide bonds. The van der Waals surface area contributed by atoms with Crippen molar-refractivity contribution >= 4 is 34.3 Å². The van der Waals surface area contributed by atoms with Gasteiger partial charge in [0, 0.05) is 55.6 Å². The number of anilines is 1. The van der Waals surface area contributed by atoms with Crippen LogP contribution in [0.1, 0.15) is 83.9 Å². The molecule has 2 aliphatic heterocycles. The largest absolute Gasteiger partial charge is 0.508 e. The number of rotatable bonds is 11. The van der Waals surface area contributed by atoms with E-state index < -0.39 is 6.10 Å². The van der Waals surface area contributed by atoms with Gasteiger partial charge < -0.3 is 45.7 Å². The van der Waals surface area contributed by atoms with Crippen LogP contribution in [0.15, 0.2) is 89.7 Å². The van der Waals surface area contributed by atoms with Crippen LogP contribution >= 0.6 is 0 Å². The summed E-state index contributed by atoms with van der Waals surface area (Å²) in [5.41, 5.74) is 12.8. The molecule has 324 valence electrons. The van der Waals surface area contributed by atoms with Gasteiger partial charge in [-0.1, -0.05) is 49.3 Å². The molecule has 11 heteroatoms. The van der Waals surface area contributed by atoms with Gasteiger partial charge in [0.15, 0.2) is 17.5 Å². The van der Waals surface area contributed by atoms with Crippen molar-refractivity contribution in [1.82, 2.24) is 0 Å². The number of Topliss-reactive ketones (excluding diaryl/α,β-unsaturated/α-hetero) is 1. The van der Waals surface area contributed by atoms with E-state index in [2.05, 4.69) is 41.4 Å². The first-order valence-electron chi connectivity index (χ1n) is 21.4. The quantitative estimate of drug-likeness (QED) is 0.0491. The number of hydrogen-bond acceptors (Lipinski definition) is 9. The number of aromatic hydroxyl groups is 1. The molecular formula is C51H57N3O8. The smallest absolute Gasteiger partial charge is 0.192 e. The molecule has 0 aromatic heterocycles. The van der Waals surface area contributed by atoms with E-state index in [0.717, 1.165) is 57.1 Å². The highest BCUT2D eigenvalue weighted by molar-refractivity contribution is 6.01. The lowest BCUT2D eigenvalue weighted by Crippen LogP contribution is -2.26. The number of nitrogens with two attached hydrogens (primary N) is 1. The molecule has 4 aromatic carbocycles. The van der Waals surface area contributed by atoms with Crippen molar-refractivity contribution in [3.05, 3.63) is 124 Å². The Morgan fingerprint density at radius 2 is 1.90 bits per heavy atom. The second-order valence-corrected chi connectivity index (χ2v) is 16.6. The molecule has 2 aliphatic carbocycles. The van der Waals surface area contributed by atoms with Crippen molar-refractivity contribution in [2.75, 3.05) is 26.1 Å². The van der Waals surface area contributed by atoms with E-state index in [1.165, 1.54) is 0 Å². The molecule has 2 heterocycles. The fraction of sp³-hybridized carbons (Fsp3) is 0.373. The predicted molar refractivity (Wildman–Crippen MR) is 243 cm³/mol. The van der Waals surface area contributed by atoms with Crippen LogP contribution in [0, 0.1) is 29.8 Å². The molecule has 6 bridgehead atoms. The van der Waals surface area contributed by atoms with Crippen molar-refractivity contribution in [3.63, 3.8) is 0 Å². The van der Waals surface area contributed by atoms with E-state index >= 15 is 0 Å². The van der Waals surface area contributed by atoms with Gasteiger partial charge in [0.2, 0.25) is 0 Å². The van der Waals surface area contributed by atoms with Gasteiger partial charge in [-0.3, -0.25) is 9.79 Å². The average molecular weight is 840 g/mol. The number of carbonyl (C=O) groups is 1. The number of nitrogens with zero attached hydrogens (tertiary/aromatic N) is 1. The Morgan fingerprint density at radius 1 is 1.05 bits per heavy atom. The minimum absolute atomic E-state index is 0.00243. The van der Waals surface area contributed by atoms with Gasteiger partial charge in [-0.15, -0.1) is 0 Å². The monoisotopic (exact) mass is 839 g/mol. The van der Waals surface area contributed by atoms with E-state index in [1.54, 1.807) is 26.3 Å². The van der Waals surface area contributed by atoms with Crippen LogP contribution in [0.25, 0.3) is 16.8 Å². The van der Waals surface area contributed by atoms with Gasteiger partial charge in [-0.2, -0.15) is 0 Å². The van der Waals surface area contributed by atoms with Gasteiger partial charge >= 0.3 is 0 Å². The molecule has 11 nitrogen and oxygen atoms in total. The van der Waals surface area contributed by atoms with Crippen LogP contribution in [0.2, 0.25) is 0 Å². The summed E-state index contributed by atoms with van der Waals surface area (Å²) in [6.45, 7) is 2.02. The number of carbonyl (C=O) groups excluding carboxylic acids is 1. The number of allylic oxidation sites excluding steroid dienone is 4. The summed E-state index contributed by atoms with van der Waals surface area (Å²) < 4.78 is 18.4. The molecule has 4 aliphatic rings. The number of nitrogens with one attached hydrogen (secondary N) is 1. The Hall–Kier alpha value is -6.22. The number of hydrogen-bond donors (Lipinski definition) is 6. The molecule has 5 unspecified atom stereocenters. The normalized spacial score (nSPS) is 20.6. The Balaban J connectivity index is 1.17. The molecule has 4 aromatic rings. The van der Waals surface area contributed by atoms with E-state index in [4.69, 9.17) is 19.9 Å². The number of phenols is 1. The second kappa shape index (κ2) is 20.1. The van der Waals surface area contributed by atoms with E-state index in [9.17, 15) is 25.2 Å². The maximum atomic E-state index is 13.8. The maximum absolute atomic E-state index is 13.8. The Labute approximate surface area is 363 Å². The molecule has 0 spiro atoms. The van der Waals surface area contributed by atoms with Crippen molar-refractivity contribution in [3.8, 4) is 29.3 Å². The molecule has 0 fully saturated rings. The Morgan fingerprint density at radius 3 is 2.69 bits per heavy atom. The van der Waals surface area contributed by atoms with Crippen LogP contribution in [-0.2, 0) is 42.0 Å². The highest BCUT2D eigenvalue weighted by Crippen LogP contribution is 2.43. The Kier molecular flexibility index (Phi) is 14.2. The highest BCUT2D eigenvalue weighted by Gasteiger charge is 2.29. The van der Waals surface area contributed by atoms with Gasteiger partial charge in [0.05, 0.1) is 13.7 Å². The zero-order valence-corrected chi connectivity index (χ0v) is 35.7. The van der Waals surface area contributed by atoms with Crippen molar-refractivity contribution in [2.24, 2.45) is 28.5 Å². The van der Waals surface area contributed by atoms with Gasteiger partial charge in [0.25, 0.3) is 0 Å². The summed E-state index contributed by atoms with van der Waals surface area (Å²) in [5, 5.41) is 48.2. The molecule has 0 saturated carbocycles. The lowest BCUT2D eigenvalue weighted by molar-refractivity contribution is -0.121. The molecule has 62 heavy (non-hydrogen) atoms. The Bertz CT molecular complexity index is 2480. The van der Waals surface area contributed by atoms with Gasteiger partial charge in [-0.05, 0) is 137 Å². The standard InChI is InChI=1S/C51H57N3O8/c1-31-9-17-43-46-30-62-49-22-33(13-18-48(49)60-3)12-15-40(58)26-41(61-19-5-8-42-45(25-37(46)29-56)50(43)44(31)27-47(42)59)24-36-23-39(57)16-14-35(36)20-34(28-55)11-10-32-6-4-7-38(21-32)54-51(52)53-2/h4,6-7,9,13-14,16-18,21-23,25,27,31,34-36,41,55-57,59H,8,10-12,15,20,24,26,28-30H2,1-3H3,(H3,52,53,54). The number of aryl methyl sites for hydroxylation is 2. The minimum atomic E-state index is -0.601. The van der Waals surface area contributed by atoms with Crippen LogP contribution < -0.4 is 20.5 Å². The van der Waals surface area contributed by atoms with E-state index in [1.807, 2.05) is 60.7 Å².